The summed E-state index contributed by atoms with van der Waals surface area (Å²) in [7, 11) is 1.53. The van der Waals surface area contributed by atoms with Gasteiger partial charge in [0, 0.05) is 46.5 Å². The Hall–Kier alpha value is -3.81. The van der Waals surface area contributed by atoms with E-state index in [-0.39, 0.29) is 23.4 Å². The van der Waals surface area contributed by atoms with Gasteiger partial charge in [0.25, 0.3) is 11.2 Å². The lowest BCUT2D eigenvalue weighted by atomic mass is 9.93. The second-order valence-corrected chi connectivity index (χ2v) is 11.8. The van der Waals surface area contributed by atoms with Gasteiger partial charge in [-0.05, 0) is 43.7 Å². The molecule has 0 aliphatic carbocycles. The number of rotatable bonds is 9. The standard InChI is InChI=1S/C30H31BrN4O7S/c1-4-6-22-26(29(37)42-5-2)27(21-17-19(31)7-10-24(21)40-3)34-28(36)25(43-30(34)32-22)16-18-15-20(35(38)39)8-9-23(18)33-11-13-41-14-12-33/h7-10,15-17,27H,4-6,11-14H2,1-3H3/b25-16+/t27-/m1/s1. The molecule has 2 aliphatic rings. The Balaban J connectivity index is 1.79. The van der Waals surface area contributed by atoms with Gasteiger partial charge in [-0.2, -0.15) is 0 Å². The minimum atomic E-state index is -0.865. The number of carbonyl (C=O) groups excluding carboxylic acids is 1. The van der Waals surface area contributed by atoms with Crippen LogP contribution in [0.1, 0.15) is 43.9 Å². The average Bonchev–Trinajstić information content (AvgIpc) is 3.31. The highest BCUT2D eigenvalue weighted by Crippen LogP contribution is 2.38. The fraction of sp³-hybridized carbons (Fsp3) is 0.367. The molecular formula is C30H31BrN4O7S. The second kappa shape index (κ2) is 13.2. The van der Waals surface area contributed by atoms with E-state index in [9.17, 15) is 19.7 Å². The number of allylic oxidation sites excluding steroid dienone is 1. The molecule has 13 heteroatoms. The van der Waals surface area contributed by atoms with Crippen LogP contribution in [0.5, 0.6) is 5.75 Å². The third-order valence-corrected chi connectivity index (χ3v) is 8.72. The number of nitro benzene ring substituents is 1. The summed E-state index contributed by atoms with van der Waals surface area (Å²) < 4.78 is 19.2. The molecule has 1 aromatic heterocycles. The zero-order chi connectivity index (χ0) is 30.7. The van der Waals surface area contributed by atoms with Crippen molar-refractivity contribution in [3.8, 4) is 5.75 Å². The zero-order valence-electron chi connectivity index (χ0n) is 24.0. The number of aromatic nitrogens is 1. The van der Waals surface area contributed by atoms with Crippen molar-refractivity contribution in [3.63, 3.8) is 0 Å². The van der Waals surface area contributed by atoms with Crippen LogP contribution in [0.15, 0.2) is 61.9 Å². The van der Waals surface area contributed by atoms with Gasteiger partial charge in [0.1, 0.15) is 11.8 Å². The lowest BCUT2D eigenvalue weighted by Crippen LogP contribution is -2.40. The second-order valence-electron chi connectivity index (χ2n) is 9.90. The fourth-order valence-electron chi connectivity index (χ4n) is 5.34. The number of non-ortho nitro benzene ring substituents is 1. The van der Waals surface area contributed by atoms with Crippen LogP contribution in [0.4, 0.5) is 11.4 Å². The highest BCUT2D eigenvalue weighted by atomic mass is 79.9. The van der Waals surface area contributed by atoms with Crippen LogP contribution in [-0.4, -0.2) is 55.5 Å². The molecule has 0 unspecified atom stereocenters. The maximum Gasteiger partial charge on any atom is 0.338 e. The molecule has 0 amide bonds. The smallest absolute Gasteiger partial charge is 0.338 e. The number of anilines is 1. The Labute approximate surface area is 260 Å². The van der Waals surface area contributed by atoms with Crippen LogP contribution in [0, 0.1) is 10.1 Å². The minimum Gasteiger partial charge on any atom is -0.496 e. The van der Waals surface area contributed by atoms with Crippen molar-refractivity contribution in [2.45, 2.75) is 32.7 Å². The van der Waals surface area contributed by atoms with Gasteiger partial charge in [0.2, 0.25) is 0 Å². The molecule has 0 bridgehead atoms. The Bertz CT molecular complexity index is 1780. The van der Waals surface area contributed by atoms with E-state index < -0.39 is 16.9 Å². The molecule has 2 aliphatic heterocycles. The van der Waals surface area contributed by atoms with Crippen LogP contribution in [0.25, 0.3) is 6.08 Å². The van der Waals surface area contributed by atoms with Crippen molar-refractivity contribution in [3.05, 3.63) is 93.1 Å². The van der Waals surface area contributed by atoms with E-state index >= 15 is 0 Å². The van der Waals surface area contributed by atoms with Gasteiger partial charge >= 0.3 is 5.97 Å². The average molecular weight is 672 g/mol. The van der Waals surface area contributed by atoms with Gasteiger partial charge in [-0.25, -0.2) is 9.79 Å². The molecule has 3 aromatic rings. The molecule has 2 aromatic carbocycles. The summed E-state index contributed by atoms with van der Waals surface area (Å²) in [5.74, 6) is -0.0556. The van der Waals surface area contributed by atoms with Crippen molar-refractivity contribution < 1.29 is 23.9 Å². The lowest BCUT2D eigenvalue weighted by molar-refractivity contribution is -0.384. The monoisotopic (exact) mass is 670 g/mol. The number of hydrogen-bond acceptors (Lipinski definition) is 10. The fourth-order valence-corrected chi connectivity index (χ4v) is 6.73. The SMILES string of the molecule is CCCC1=C(C(=O)OCC)[C@@H](c2cc(Br)ccc2OC)n2c(s/c(=C/c3cc([N+](=O)[O-])ccc3N3CCOCC3)c2=O)=N1. The van der Waals surface area contributed by atoms with E-state index in [2.05, 4.69) is 20.8 Å². The largest absolute Gasteiger partial charge is 0.496 e. The molecule has 0 spiro atoms. The van der Waals surface area contributed by atoms with Crippen molar-refractivity contribution in [2.24, 2.45) is 4.99 Å². The molecule has 1 fully saturated rings. The number of nitro groups is 1. The predicted octanol–water partition coefficient (Wildman–Crippen LogP) is 4.09. The van der Waals surface area contributed by atoms with Crippen LogP contribution < -0.4 is 24.5 Å². The number of benzene rings is 2. The summed E-state index contributed by atoms with van der Waals surface area (Å²) in [6.45, 7) is 6.18. The van der Waals surface area contributed by atoms with Crippen LogP contribution in [-0.2, 0) is 14.3 Å². The van der Waals surface area contributed by atoms with Crippen LogP contribution in [0.2, 0.25) is 0 Å². The molecule has 43 heavy (non-hydrogen) atoms. The third-order valence-electron chi connectivity index (χ3n) is 7.24. The molecule has 0 N–H and O–H groups in total. The number of hydrogen-bond donors (Lipinski definition) is 0. The highest BCUT2D eigenvalue weighted by molar-refractivity contribution is 9.10. The molecule has 1 atom stereocenters. The van der Waals surface area contributed by atoms with Gasteiger partial charge in [-0.1, -0.05) is 40.6 Å². The van der Waals surface area contributed by atoms with E-state index in [1.54, 1.807) is 25.1 Å². The predicted molar refractivity (Wildman–Crippen MR) is 166 cm³/mol. The van der Waals surface area contributed by atoms with Crippen LogP contribution >= 0.6 is 27.3 Å². The number of carbonyl (C=O) groups is 1. The first-order valence-corrected chi connectivity index (χ1v) is 15.5. The van der Waals surface area contributed by atoms with E-state index in [0.717, 1.165) is 16.6 Å². The molecule has 1 saturated heterocycles. The topological polar surface area (TPSA) is 125 Å². The van der Waals surface area contributed by atoms with E-state index in [0.29, 0.717) is 64.6 Å². The molecule has 0 radical (unpaired) electrons. The lowest BCUT2D eigenvalue weighted by Gasteiger charge is -2.30. The molecular weight excluding hydrogens is 640 g/mol. The van der Waals surface area contributed by atoms with Gasteiger partial charge in [-0.15, -0.1) is 0 Å². The number of halogens is 1. The normalized spacial score (nSPS) is 17.0. The number of nitrogens with zero attached hydrogens (tertiary/aromatic N) is 4. The summed E-state index contributed by atoms with van der Waals surface area (Å²) in [5.41, 5.74) is 2.27. The summed E-state index contributed by atoms with van der Waals surface area (Å²) in [6, 6.07) is 9.20. The number of fused-ring (bicyclic) bond motifs is 1. The summed E-state index contributed by atoms with van der Waals surface area (Å²) in [4.78, 5) is 46.3. The van der Waals surface area contributed by atoms with Gasteiger partial charge in [0.05, 0.1) is 47.7 Å². The van der Waals surface area contributed by atoms with Crippen molar-refractivity contribution in [1.29, 1.82) is 0 Å². The molecule has 3 heterocycles. The molecule has 0 saturated carbocycles. The Kier molecular flexibility index (Phi) is 9.43. The minimum absolute atomic E-state index is 0.0809. The first-order valence-electron chi connectivity index (χ1n) is 13.9. The summed E-state index contributed by atoms with van der Waals surface area (Å²) >= 11 is 4.70. The van der Waals surface area contributed by atoms with Crippen molar-refractivity contribution in [2.75, 3.05) is 44.9 Å². The third kappa shape index (κ3) is 6.15. The number of esters is 1. The van der Waals surface area contributed by atoms with E-state index in [1.165, 1.54) is 35.1 Å². The van der Waals surface area contributed by atoms with Crippen molar-refractivity contribution in [1.82, 2.24) is 4.57 Å². The number of thiazole rings is 1. The number of ether oxygens (including phenoxy) is 3. The molecule has 11 nitrogen and oxygen atoms in total. The number of methoxy groups -OCH3 is 1. The summed E-state index contributed by atoms with van der Waals surface area (Å²) in [5, 5.41) is 11.7. The zero-order valence-corrected chi connectivity index (χ0v) is 26.4. The van der Waals surface area contributed by atoms with E-state index in [4.69, 9.17) is 19.2 Å². The first kappa shape index (κ1) is 30.6. The maximum absolute atomic E-state index is 14.3. The quantitative estimate of drug-likeness (QED) is 0.189. The van der Waals surface area contributed by atoms with Gasteiger partial charge in [-0.3, -0.25) is 19.5 Å². The van der Waals surface area contributed by atoms with Gasteiger partial charge < -0.3 is 19.1 Å². The first-order chi connectivity index (χ1) is 20.8. The number of morpholine rings is 1. The van der Waals surface area contributed by atoms with E-state index in [1.807, 2.05) is 19.1 Å². The maximum atomic E-state index is 14.3. The Morgan fingerprint density at radius 3 is 2.67 bits per heavy atom. The van der Waals surface area contributed by atoms with Crippen LogP contribution in [0.3, 0.4) is 0 Å². The summed E-state index contributed by atoms with van der Waals surface area (Å²) in [6.07, 6.45) is 2.89. The van der Waals surface area contributed by atoms with Crippen molar-refractivity contribution >= 4 is 50.7 Å². The van der Waals surface area contributed by atoms with Gasteiger partial charge in [0.15, 0.2) is 4.80 Å². The highest BCUT2D eigenvalue weighted by Gasteiger charge is 2.36. The molecule has 226 valence electrons. The Morgan fingerprint density at radius 1 is 1.23 bits per heavy atom. The molecule has 5 rings (SSSR count). The Morgan fingerprint density at radius 2 is 2.00 bits per heavy atom.